The molecule has 0 aliphatic rings. The molecule has 108 valence electrons. The van der Waals surface area contributed by atoms with Gasteiger partial charge in [-0.15, -0.1) is 0 Å². The van der Waals surface area contributed by atoms with Crippen LogP contribution in [0.5, 0.6) is 0 Å². The van der Waals surface area contributed by atoms with Gasteiger partial charge < -0.3 is 0 Å². The Bertz CT molecular complexity index is 551. The van der Waals surface area contributed by atoms with Gasteiger partial charge in [-0.1, -0.05) is 18.2 Å². The fourth-order valence-corrected chi connectivity index (χ4v) is 2.60. The molecule has 0 saturated carbocycles. The predicted molar refractivity (Wildman–Crippen MR) is 79.7 cm³/mol. The van der Waals surface area contributed by atoms with E-state index in [2.05, 4.69) is 18.4 Å². The van der Waals surface area contributed by atoms with E-state index >= 15 is 0 Å². The molecule has 0 spiro atoms. The molecule has 1 aromatic carbocycles. The number of sulfone groups is 1. The lowest BCUT2D eigenvalue weighted by Crippen LogP contribution is -2.55. The molecule has 5 heteroatoms. The van der Waals surface area contributed by atoms with Crippen molar-refractivity contribution in [2.24, 2.45) is 5.84 Å². The third-order valence-electron chi connectivity index (χ3n) is 4.01. The maximum atomic E-state index is 11.9. The molecule has 0 bridgehead atoms. The van der Waals surface area contributed by atoms with Gasteiger partial charge in [-0.25, -0.2) is 8.42 Å². The lowest BCUT2D eigenvalue weighted by molar-refractivity contribution is 0.413. The quantitative estimate of drug-likeness (QED) is 0.635. The molecular formula is C14H24N2O2S. The minimum atomic E-state index is -3.19. The summed E-state index contributed by atoms with van der Waals surface area (Å²) in [6, 6.07) is 5.82. The van der Waals surface area contributed by atoms with Crippen LogP contribution in [-0.4, -0.2) is 25.5 Å². The van der Waals surface area contributed by atoms with Crippen molar-refractivity contribution in [1.29, 1.82) is 0 Å². The first-order valence-corrected chi connectivity index (χ1v) is 8.20. The van der Waals surface area contributed by atoms with E-state index in [0.29, 0.717) is 6.42 Å². The number of nitrogens with two attached hydrogens (primary N) is 1. The van der Waals surface area contributed by atoms with Gasteiger partial charge in [0, 0.05) is 12.3 Å². The highest BCUT2D eigenvalue weighted by atomic mass is 32.2. The average molecular weight is 284 g/mol. The van der Waals surface area contributed by atoms with Gasteiger partial charge in [0.05, 0.1) is 4.75 Å². The van der Waals surface area contributed by atoms with Gasteiger partial charge in [0.25, 0.3) is 0 Å². The summed E-state index contributed by atoms with van der Waals surface area (Å²) in [5.41, 5.74) is 6.16. The number of nitrogens with one attached hydrogen (secondary N) is 1. The molecule has 19 heavy (non-hydrogen) atoms. The summed E-state index contributed by atoms with van der Waals surface area (Å²) in [6.07, 6.45) is 1.83. The van der Waals surface area contributed by atoms with Crippen LogP contribution in [0.15, 0.2) is 18.2 Å². The Labute approximate surface area is 116 Å². The first kappa shape index (κ1) is 16.1. The summed E-state index contributed by atoms with van der Waals surface area (Å²) in [4.78, 5) is 0. The summed E-state index contributed by atoms with van der Waals surface area (Å²) in [7, 11) is -3.19. The van der Waals surface area contributed by atoms with Crippen molar-refractivity contribution in [3.05, 3.63) is 34.9 Å². The van der Waals surface area contributed by atoms with E-state index in [-0.39, 0.29) is 6.04 Å². The molecule has 0 radical (unpaired) electrons. The Balaban J connectivity index is 3.03. The SMILES string of the molecule is Cc1ccc(CC(NN)C(C)(C)S(C)(=O)=O)cc1C. The summed E-state index contributed by atoms with van der Waals surface area (Å²) in [6.45, 7) is 7.51. The first-order chi connectivity index (χ1) is 8.59. The molecular weight excluding hydrogens is 260 g/mol. The molecule has 1 aromatic rings. The topological polar surface area (TPSA) is 72.2 Å². The van der Waals surface area contributed by atoms with Crippen LogP contribution in [0, 0.1) is 13.8 Å². The number of rotatable bonds is 5. The highest BCUT2D eigenvalue weighted by Gasteiger charge is 2.38. The summed E-state index contributed by atoms with van der Waals surface area (Å²) < 4.78 is 22.8. The molecule has 0 fully saturated rings. The molecule has 1 atom stereocenters. The minimum Gasteiger partial charge on any atom is -0.271 e. The number of hydrogen-bond acceptors (Lipinski definition) is 4. The van der Waals surface area contributed by atoms with E-state index in [0.717, 1.165) is 5.56 Å². The maximum Gasteiger partial charge on any atom is 0.154 e. The van der Waals surface area contributed by atoms with E-state index < -0.39 is 14.6 Å². The molecule has 3 N–H and O–H groups in total. The fraction of sp³-hybridized carbons (Fsp3) is 0.571. The van der Waals surface area contributed by atoms with Crippen molar-refractivity contribution in [3.63, 3.8) is 0 Å². The lowest BCUT2D eigenvalue weighted by atomic mass is 9.94. The Morgan fingerprint density at radius 2 is 1.84 bits per heavy atom. The van der Waals surface area contributed by atoms with Crippen molar-refractivity contribution in [2.75, 3.05) is 6.26 Å². The van der Waals surface area contributed by atoms with Gasteiger partial charge >= 0.3 is 0 Å². The predicted octanol–water partition coefficient (Wildman–Crippen LogP) is 1.50. The van der Waals surface area contributed by atoms with Crippen LogP contribution in [-0.2, 0) is 16.3 Å². The third-order valence-corrected chi connectivity index (χ3v) is 6.20. The van der Waals surface area contributed by atoms with Gasteiger partial charge in [-0.3, -0.25) is 11.3 Å². The second-order valence-electron chi connectivity index (χ2n) is 5.72. The zero-order valence-electron chi connectivity index (χ0n) is 12.3. The van der Waals surface area contributed by atoms with Crippen LogP contribution in [0.1, 0.15) is 30.5 Å². The van der Waals surface area contributed by atoms with Crippen molar-refractivity contribution < 1.29 is 8.42 Å². The molecule has 0 aromatic heterocycles. The highest BCUT2D eigenvalue weighted by Crippen LogP contribution is 2.23. The van der Waals surface area contributed by atoms with E-state index in [4.69, 9.17) is 5.84 Å². The number of benzene rings is 1. The second kappa shape index (κ2) is 5.61. The van der Waals surface area contributed by atoms with Crippen LogP contribution >= 0.6 is 0 Å². The third kappa shape index (κ3) is 3.55. The maximum absolute atomic E-state index is 11.9. The standard InChI is InChI=1S/C14H24N2O2S/c1-10-6-7-12(8-11(10)2)9-13(16-15)14(3,4)19(5,17)18/h6-8,13,16H,9,15H2,1-5H3. The molecule has 0 aliphatic heterocycles. The van der Waals surface area contributed by atoms with Crippen molar-refractivity contribution >= 4 is 9.84 Å². The van der Waals surface area contributed by atoms with Gasteiger partial charge in [-0.2, -0.15) is 0 Å². The van der Waals surface area contributed by atoms with Crippen molar-refractivity contribution in [1.82, 2.24) is 5.43 Å². The molecule has 1 rings (SSSR count). The van der Waals surface area contributed by atoms with Crippen LogP contribution in [0.25, 0.3) is 0 Å². The van der Waals surface area contributed by atoms with Crippen LogP contribution in [0.2, 0.25) is 0 Å². The molecule has 0 heterocycles. The highest BCUT2D eigenvalue weighted by molar-refractivity contribution is 7.92. The molecule has 0 saturated heterocycles. The Morgan fingerprint density at radius 3 is 2.26 bits per heavy atom. The van der Waals surface area contributed by atoms with Gasteiger partial charge in [0.2, 0.25) is 0 Å². The minimum absolute atomic E-state index is 0.329. The van der Waals surface area contributed by atoms with Crippen LogP contribution in [0.4, 0.5) is 0 Å². The van der Waals surface area contributed by atoms with Crippen molar-refractivity contribution in [3.8, 4) is 0 Å². The van der Waals surface area contributed by atoms with Crippen molar-refractivity contribution in [2.45, 2.75) is 44.9 Å². The van der Waals surface area contributed by atoms with Crippen LogP contribution in [0.3, 0.4) is 0 Å². The number of hydrogen-bond donors (Lipinski definition) is 2. The average Bonchev–Trinajstić information content (AvgIpc) is 2.28. The second-order valence-corrected chi connectivity index (χ2v) is 8.31. The largest absolute Gasteiger partial charge is 0.271 e. The Hall–Kier alpha value is -0.910. The summed E-state index contributed by atoms with van der Waals surface area (Å²) >= 11 is 0. The molecule has 0 aliphatic carbocycles. The van der Waals surface area contributed by atoms with E-state index in [9.17, 15) is 8.42 Å². The zero-order valence-corrected chi connectivity index (χ0v) is 13.1. The normalized spacial score (nSPS) is 14.4. The fourth-order valence-electron chi connectivity index (χ4n) is 1.93. The smallest absolute Gasteiger partial charge is 0.154 e. The Kier molecular flexibility index (Phi) is 4.76. The van der Waals surface area contributed by atoms with E-state index in [1.54, 1.807) is 13.8 Å². The summed E-state index contributed by atoms with van der Waals surface area (Å²) in [5, 5.41) is 0. The van der Waals surface area contributed by atoms with E-state index in [1.165, 1.54) is 17.4 Å². The number of hydrazine groups is 1. The summed E-state index contributed by atoms with van der Waals surface area (Å²) in [5.74, 6) is 5.56. The van der Waals surface area contributed by atoms with Gasteiger partial charge in [-0.05, 0) is 50.8 Å². The molecule has 4 nitrogen and oxygen atoms in total. The lowest BCUT2D eigenvalue weighted by Gasteiger charge is -2.32. The first-order valence-electron chi connectivity index (χ1n) is 6.31. The number of aryl methyl sites for hydroxylation is 2. The Morgan fingerprint density at radius 1 is 1.26 bits per heavy atom. The zero-order chi connectivity index (χ0) is 14.8. The molecule has 0 amide bonds. The van der Waals surface area contributed by atoms with Crippen LogP contribution < -0.4 is 11.3 Å². The van der Waals surface area contributed by atoms with E-state index in [1.807, 2.05) is 19.1 Å². The van der Waals surface area contributed by atoms with Gasteiger partial charge in [0.1, 0.15) is 0 Å². The van der Waals surface area contributed by atoms with Gasteiger partial charge in [0.15, 0.2) is 9.84 Å². The molecule has 1 unspecified atom stereocenters. The monoisotopic (exact) mass is 284 g/mol.